The third kappa shape index (κ3) is 3.37. The first-order chi connectivity index (χ1) is 16.8. The van der Waals surface area contributed by atoms with Crippen molar-refractivity contribution in [3.05, 3.63) is 88.5 Å². The monoisotopic (exact) mass is 469 g/mol. The second kappa shape index (κ2) is 8.18. The summed E-state index contributed by atoms with van der Waals surface area (Å²) in [5, 5.41) is 12.3. The minimum absolute atomic E-state index is 0.0228. The molecule has 0 saturated heterocycles. The van der Waals surface area contributed by atoms with E-state index >= 15 is 0 Å². The Kier molecular flexibility index (Phi) is 5.32. The number of aliphatic hydroxyl groups is 1. The molecule has 182 valence electrons. The molecule has 4 nitrogen and oxygen atoms in total. The molecular formula is C31H35NO3. The largest absolute Gasteiger partial charge is 0.385 e. The van der Waals surface area contributed by atoms with Crippen molar-refractivity contribution in [3.8, 4) is 0 Å². The van der Waals surface area contributed by atoms with Crippen molar-refractivity contribution in [3.63, 3.8) is 0 Å². The topological polar surface area (TPSA) is 49.8 Å². The number of carbonyl (C=O) groups is 1. The van der Waals surface area contributed by atoms with Gasteiger partial charge in [-0.2, -0.15) is 0 Å². The zero-order valence-corrected chi connectivity index (χ0v) is 21.0. The molecule has 4 heteroatoms. The minimum Gasteiger partial charge on any atom is -0.385 e. The molecule has 35 heavy (non-hydrogen) atoms. The number of carbonyl (C=O) groups excluding carboxylic acids is 1. The summed E-state index contributed by atoms with van der Waals surface area (Å²) in [4.78, 5) is 14.3. The summed E-state index contributed by atoms with van der Waals surface area (Å²) in [5.74, 6) is 0.600. The van der Waals surface area contributed by atoms with Gasteiger partial charge in [0, 0.05) is 37.5 Å². The van der Waals surface area contributed by atoms with Crippen LogP contribution >= 0.6 is 0 Å². The average Bonchev–Trinajstić information content (AvgIpc) is 3.15. The molecule has 6 rings (SSSR count). The number of allylic oxidation sites excluding steroid dienone is 1. The molecule has 1 aliphatic heterocycles. The quantitative estimate of drug-likeness (QED) is 0.642. The van der Waals surface area contributed by atoms with Crippen LogP contribution in [0.3, 0.4) is 0 Å². The van der Waals surface area contributed by atoms with E-state index in [4.69, 9.17) is 4.74 Å². The average molecular weight is 470 g/mol. The molecule has 0 radical (unpaired) electrons. The van der Waals surface area contributed by atoms with Gasteiger partial charge in [0.1, 0.15) is 0 Å². The Bertz CT molecular complexity index is 1210. The first-order valence-corrected chi connectivity index (χ1v) is 13.0. The summed E-state index contributed by atoms with van der Waals surface area (Å²) >= 11 is 0. The second-order valence-corrected chi connectivity index (χ2v) is 11.3. The maximum absolute atomic E-state index is 12.3. The molecule has 4 aliphatic rings. The van der Waals surface area contributed by atoms with Crippen molar-refractivity contribution in [1.29, 1.82) is 0 Å². The molecular weight excluding hydrogens is 434 g/mol. The Balaban J connectivity index is 1.51. The van der Waals surface area contributed by atoms with Crippen LogP contribution in [-0.2, 0) is 15.1 Å². The normalized spacial score (nSPS) is 34.1. The van der Waals surface area contributed by atoms with E-state index in [2.05, 4.69) is 62.3 Å². The lowest BCUT2D eigenvalue weighted by Crippen LogP contribution is -2.53. The maximum Gasteiger partial charge on any atom is 0.156 e. The van der Waals surface area contributed by atoms with Crippen LogP contribution in [0.25, 0.3) is 0 Å². The van der Waals surface area contributed by atoms with Crippen LogP contribution in [0.5, 0.6) is 0 Å². The molecule has 2 aromatic rings. The highest BCUT2D eigenvalue weighted by Gasteiger charge is 2.64. The lowest BCUT2D eigenvalue weighted by atomic mass is 9.54. The molecule has 1 unspecified atom stereocenters. The fourth-order valence-electron chi connectivity index (χ4n) is 7.51. The van der Waals surface area contributed by atoms with Gasteiger partial charge in [-0.15, -0.1) is 0 Å². The van der Waals surface area contributed by atoms with E-state index in [-0.39, 0.29) is 29.1 Å². The van der Waals surface area contributed by atoms with Crippen molar-refractivity contribution in [2.24, 2.45) is 11.3 Å². The van der Waals surface area contributed by atoms with Crippen LogP contribution in [0.1, 0.15) is 56.1 Å². The number of ether oxygens (including phenoxy) is 1. The third-order valence-corrected chi connectivity index (χ3v) is 9.43. The molecule has 2 aromatic carbocycles. The van der Waals surface area contributed by atoms with Gasteiger partial charge in [0.15, 0.2) is 5.78 Å². The number of nitrogens with zero attached hydrogens (tertiary/aromatic N) is 1. The highest BCUT2D eigenvalue weighted by molar-refractivity contribution is 5.93. The van der Waals surface area contributed by atoms with Crippen LogP contribution in [-0.4, -0.2) is 37.7 Å². The van der Waals surface area contributed by atoms with Crippen molar-refractivity contribution in [2.45, 2.75) is 56.7 Å². The fourth-order valence-corrected chi connectivity index (χ4v) is 7.51. The maximum atomic E-state index is 12.3. The van der Waals surface area contributed by atoms with Gasteiger partial charge < -0.3 is 14.7 Å². The molecule has 0 aromatic heterocycles. The van der Waals surface area contributed by atoms with E-state index in [0.717, 1.165) is 36.8 Å². The molecule has 1 N–H and O–H groups in total. The highest BCUT2D eigenvalue weighted by atomic mass is 16.5. The van der Waals surface area contributed by atoms with Gasteiger partial charge in [0.25, 0.3) is 0 Å². The molecule has 2 saturated carbocycles. The van der Waals surface area contributed by atoms with Gasteiger partial charge in [-0.25, -0.2) is 0 Å². The van der Waals surface area contributed by atoms with Crippen molar-refractivity contribution in [1.82, 2.24) is 0 Å². The number of hydrogen-bond acceptors (Lipinski definition) is 4. The first-order valence-electron chi connectivity index (χ1n) is 13.0. The molecule has 0 bridgehead atoms. The van der Waals surface area contributed by atoms with Gasteiger partial charge in [-0.1, -0.05) is 49.4 Å². The number of fused-ring (bicyclic) bond motifs is 4. The first kappa shape index (κ1) is 22.8. The number of hydrogen-bond donors (Lipinski definition) is 1. The van der Waals surface area contributed by atoms with Crippen LogP contribution in [0.2, 0.25) is 0 Å². The third-order valence-electron chi connectivity index (χ3n) is 9.43. The van der Waals surface area contributed by atoms with Gasteiger partial charge in [0.05, 0.1) is 18.3 Å². The molecule has 0 amide bonds. The molecule has 3 aliphatic carbocycles. The predicted molar refractivity (Wildman–Crippen MR) is 138 cm³/mol. The molecule has 2 fully saturated rings. The lowest BCUT2D eigenvalue weighted by molar-refractivity contribution is -0.122. The number of benzene rings is 2. The minimum atomic E-state index is -0.890. The molecule has 0 spiro atoms. The van der Waals surface area contributed by atoms with E-state index in [0.29, 0.717) is 13.0 Å². The van der Waals surface area contributed by atoms with Crippen LogP contribution in [0.4, 0.5) is 5.69 Å². The molecule has 5 atom stereocenters. The van der Waals surface area contributed by atoms with Crippen LogP contribution in [0.15, 0.2) is 77.4 Å². The predicted octanol–water partition coefficient (Wildman–Crippen LogP) is 5.53. The van der Waals surface area contributed by atoms with E-state index < -0.39 is 5.60 Å². The van der Waals surface area contributed by atoms with Crippen LogP contribution < -0.4 is 4.90 Å². The van der Waals surface area contributed by atoms with E-state index in [9.17, 15) is 9.90 Å². The second-order valence-electron chi connectivity index (χ2n) is 11.3. The summed E-state index contributed by atoms with van der Waals surface area (Å²) < 4.78 is 6.62. The summed E-state index contributed by atoms with van der Waals surface area (Å²) in [6, 6.07) is 19.1. The summed E-state index contributed by atoms with van der Waals surface area (Å²) in [6.45, 7) is 2.79. The lowest BCUT2D eigenvalue weighted by Gasteiger charge is -2.54. The van der Waals surface area contributed by atoms with Crippen molar-refractivity contribution in [2.75, 3.05) is 25.6 Å². The summed E-state index contributed by atoms with van der Waals surface area (Å²) in [7, 11) is 4.12. The van der Waals surface area contributed by atoms with E-state index in [1.165, 1.54) is 22.4 Å². The smallest absolute Gasteiger partial charge is 0.156 e. The summed E-state index contributed by atoms with van der Waals surface area (Å²) in [5.41, 5.74) is 6.04. The number of rotatable bonds is 3. The Hall–Kier alpha value is -2.69. The van der Waals surface area contributed by atoms with Gasteiger partial charge in [-0.05, 0) is 77.7 Å². The zero-order valence-electron chi connectivity index (χ0n) is 21.0. The van der Waals surface area contributed by atoms with Crippen molar-refractivity contribution < 1.29 is 14.6 Å². The summed E-state index contributed by atoms with van der Waals surface area (Å²) in [6.07, 6.45) is 5.73. The zero-order chi connectivity index (χ0) is 24.4. The van der Waals surface area contributed by atoms with Gasteiger partial charge >= 0.3 is 0 Å². The fraction of sp³-hybridized carbons (Fsp3) is 0.452. The Morgan fingerprint density at radius 3 is 2.49 bits per heavy atom. The Morgan fingerprint density at radius 2 is 1.77 bits per heavy atom. The number of ketones is 1. The van der Waals surface area contributed by atoms with Gasteiger partial charge in [-0.3, -0.25) is 4.79 Å². The SMILES string of the molecule is CN(C)c1ccc(C2C[C@@]3(C)[C@@H](CC[C@@]3(O)c3ccccc3)[C@@H]3OCC4=CC(=O)CCC4=C23)cc1. The highest BCUT2D eigenvalue weighted by Crippen LogP contribution is 2.66. The molecule has 1 heterocycles. The van der Waals surface area contributed by atoms with Gasteiger partial charge in [0.2, 0.25) is 0 Å². The van der Waals surface area contributed by atoms with E-state index in [1.54, 1.807) is 0 Å². The Morgan fingerprint density at radius 1 is 1.03 bits per heavy atom. The van der Waals surface area contributed by atoms with Crippen molar-refractivity contribution >= 4 is 11.5 Å². The van der Waals surface area contributed by atoms with Crippen LogP contribution in [0, 0.1) is 11.3 Å². The Labute approximate surface area is 208 Å². The van der Waals surface area contributed by atoms with E-state index in [1.807, 2.05) is 24.3 Å². The number of anilines is 1. The standard InChI is InChI=1S/C31H35NO3/c1-30-18-26(20-9-11-23(12-10-20)32(2)3)28-25-14-13-24(33)17-21(25)19-35-29(28)27(30)15-16-31(30,34)22-7-5-4-6-8-22/h4-12,17,26-27,29,34H,13-16,18-19H2,1-3H3/t26?,27-,29-,30-,31+/m0/s1.